The van der Waals surface area contributed by atoms with Crippen molar-refractivity contribution in [3.8, 4) is 0 Å². The van der Waals surface area contributed by atoms with Crippen molar-refractivity contribution >= 4 is 35.2 Å². The van der Waals surface area contributed by atoms with Crippen LogP contribution in [0.1, 0.15) is 23.2 Å². The lowest BCUT2D eigenvalue weighted by Crippen LogP contribution is -2.46. The summed E-state index contributed by atoms with van der Waals surface area (Å²) in [6.45, 7) is 0. The summed E-state index contributed by atoms with van der Waals surface area (Å²) in [6, 6.07) is 3.28. The van der Waals surface area contributed by atoms with Crippen molar-refractivity contribution in [2.75, 3.05) is 5.75 Å². The van der Waals surface area contributed by atoms with Gasteiger partial charge in [-0.1, -0.05) is 17.7 Å². The summed E-state index contributed by atoms with van der Waals surface area (Å²) in [5.74, 6) is -1.79. The predicted octanol–water partition coefficient (Wildman–Crippen LogP) is 2.86. The first kappa shape index (κ1) is 14.7. The van der Waals surface area contributed by atoms with Crippen LogP contribution in [0.5, 0.6) is 0 Å². The number of halogens is 2. The maximum atomic E-state index is 14.0. The molecule has 1 saturated carbocycles. The fourth-order valence-corrected chi connectivity index (χ4v) is 4.33. The molecule has 7 heteroatoms. The van der Waals surface area contributed by atoms with E-state index in [1.807, 2.05) is 0 Å². The van der Waals surface area contributed by atoms with E-state index < -0.39 is 23.7 Å². The number of nitrogens with zero attached hydrogens (tertiary/aromatic N) is 1. The minimum atomic E-state index is -1.05. The van der Waals surface area contributed by atoms with Gasteiger partial charge in [-0.25, -0.2) is 9.18 Å². The molecule has 4 nitrogen and oxygen atoms in total. The second-order valence-electron chi connectivity index (χ2n) is 5.23. The van der Waals surface area contributed by atoms with Crippen LogP contribution in [0.15, 0.2) is 18.2 Å². The molecular formula is C14H13ClFNO3S. The number of aliphatic carboxylic acids is 1. The van der Waals surface area contributed by atoms with E-state index in [0.29, 0.717) is 11.7 Å². The normalized spacial score (nSPS) is 25.1. The Bertz CT molecular complexity index is 608. The second kappa shape index (κ2) is 5.50. The van der Waals surface area contributed by atoms with Gasteiger partial charge in [0.1, 0.15) is 6.04 Å². The minimum absolute atomic E-state index is 0.137. The van der Waals surface area contributed by atoms with Crippen molar-refractivity contribution in [3.63, 3.8) is 0 Å². The molecular weight excluding hydrogens is 317 g/mol. The molecule has 0 bridgehead atoms. The third-order valence-corrected chi connectivity index (χ3v) is 5.52. The molecule has 1 aliphatic carbocycles. The monoisotopic (exact) mass is 329 g/mol. The summed E-state index contributed by atoms with van der Waals surface area (Å²) in [5.41, 5.74) is -0.165. The van der Waals surface area contributed by atoms with Gasteiger partial charge in [0.15, 0.2) is 5.82 Å². The molecule has 2 aliphatic rings. The lowest BCUT2D eigenvalue weighted by atomic mass is 10.1. The molecule has 1 aromatic rings. The average molecular weight is 330 g/mol. The first-order valence-corrected chi connectivity index (χ1v) is 8.04. The zero-order valence-corrected chi connectivity index (χ0v) is 12.5. The summed E-state index contributed by atoms with van der Waals surface area (Å²) < 4.78 is 14.0. The summed E-state index contributed by atoms with van der Waals surface area (Å²) in [4.78, 5) is 25.3. The standard InChI is InChI=1S/C14H13ClFNO3S/c15-9-3-1-2-8(11(9)16)12(18)17-10(14(19)20)6-21-13(17)7-4-5-7/h1-3,7,10,13H,4-6H2,(H,19,20). The highest BCUT2D eigenvalue weighted by Gasteiger charge is 2.48. The Morgan fingerprint density at radius 3 is 2.71 bits per heavy atom. The molecule has 0 aromatic heterocycles. The molecule has 1 amide bonds. The number of carboxylic acids is 1. The zero-order valence-electron chi connectivity index (χ0n) is 11.0. The summed E-state index contributed by atoms with van der Waals surface area (Å²) in [5, 5.41) is 8.98. The Balaban J connectivity index is 1.96. The van der Waals surface area contributed by atoms with Crippen molar-refractivity contribution in [2.24, 2.45) is 5.92 Å². The summed E-state index contributed by atoms with van der Waals surface area (Å²) in [6.07, 6.45) is 1.96. The number of benzene rings is 1. The molecule has 112 valence electrons. The van der Waals surface area contributed by atoms with Gasteiger partial charge in [0.25, 0.3) is 5.91 Å². The first-order valence-electron chi connectivity index (χ1n) is 6.61. The van der Waals surface area contributed by atoms with Crippen LogP contribution < -0.4 is 0 Å². The highest BCUT2D eigenvalue weighted by molar-refractivity contribution is 8.00. The quantitative estimate of drug-likeness (QED) is 0.926. The number of rotatable bonds is 3. The summed E-state index contributed by atoms with van der Waals surface area (Å²) in [7, 11) is 0. The van der Waals surface area contributed by atoms with Crippen LogP contribution >= 0.6 is 23.4 Å². The third kappa shape index (κ3) is 2.62. The zero-order chi connectivity index (χ0) is 15.1. The van der Waals surface area contributed by atoms with Crippen LogP contribution in [-0.4, -0.2) is 39.1 Å². The molecule has 1 aliphatic heterocycles. The average Bonchev–Trinajstić information content (AvgIpc) is 3.19. The molecule has 1 N–H and O–H groups in total. The number of carboxylic acid groups (broad SMARTS) is 1. The number of hydrogen-bond acceptors (Lipinski definition) is 3. The topological polar surface area (TPSA) is 57.6 Å². The molecule has 2 unspecified atom stereocenters. The van der Waals surface area contributed by atoms with Crippen molar-refractivity contribution in [1.29, 1.82) is 0 Å². The smallest absolute Gasteiger partial charge is 0.327 e. The van der Waals surface area contributed by atoms with E-state index in [1.165, 1.54) is 34.9 Å². The van der Waals surface area contributed by atoms with E-state index in [1.54, 1.807) is 0 Å². The van der Waals surface area contributed by atoms with Crippen molar-refractivity contribution in [1.82, 2.24) is 4.90 Å². The van der Waals surface area contributed by atoms with Crippen LogP contribution in [0.25, 0.3) is 0 Å². The van der Waals surface area contributed by atoms with Crippen LogP contribution in [0.2, 0.25) is 5.02 Å². The van der Waals surface area contributed by atoms with Crippen LogP contribution in [0, 0.1) is 11.7 Å². The van der Waals surface area contributed by atoms with Gasteiger partial charge in [0.05, 0.1) is 16.0 Å². The van der Waals surface area contributed by atoms with Gasteiger partial charge < -0.3 is 10.0 Å². The molecule has 3 rings (SSSR count). The lowest BCUT2D eigenvalue weighted by molar-refractivity contribution is -0.141. The first-order chi connectivity index (χ1) is 10.0. The number of carbonyl (C=O) groups is 2. The van der Waals surface area contributed by atoms with Crippen LogP contribution in [0.3, 0.4) is 0 Å². The van der Waals surface area contributed by atoms with E-state index in [9.17, 15) is 19.1 Å². The third-order valence-electron chi connectivity index (χ3n) is 3.76. The molecule has 1 aromatic carbocycles. The second-order valence-corrected chi connectivity index (χ2v) is 6.79. The molecule has 0 spiro atoms. The SMILES string of the molecule is O=C(O)C1CSC(C2CC2)N1C(=O)c1cccc(Cl)c1F. The maximum Gasteiger partial charge on any atom is 0.327 e. The molecule has 0 radical (unpaired) electrons. The molecule has 1 heterocycles. The number of hydrogen-bond donors (Lipinski definition) is 1. The highest BCUT2D eigenvalue weighted by atomic mass is 35.5. The van der Waals surface area contributed by atoms with E-state index in [2.05, 4.69) is 0 Å². The number of carbonyl (C=O) groups excluding carboxylic acids is 1. The van der Waals surface area contributed by atoms with Gasteiger partial charge >= 0.3 is 5.97 Å². The number of amides is 1. The van der Waals surface area contributed by atoms with Gasteiger partial charge in [-0.3, -0.25) is 4.79 Å². The Kier molecular flexibility index (Phi) is 3.84. The minimum Gasteiger partial charge on any atom is -0.480 e. The van der Waals surface area contributed by atoms with Gasteiger partial charge in [0, 0.05) is 5.75 Å². The van der Waals surface area contributed by atoms with Gasteiger partial charge in [-0.2, -0.15) is 0 Å². The Morgan fingerprint density at radius 2 is 2.10 bits per heavy atom. The number of thioether (sulfide) groups is 1. The van der Waals surface area contributed by atoms with E-state index in [0.717, 1.165) is 12.8 Å². The predicted molar refractivity (Wildman–Crippen MR) is 78.0 cm³/mol. The van der Waals surface area contributed by atoms with Gasteiger partial charge in [-0.15, -0.1) is 11.8 Å². The largest absolute Gasteiger partial charge is 0.480 e. The van der Waals surface area contributed by atoms with Crippen LogP contribution in [0.4, 0.5) is 4.39 Å². The fraction of sp³-hybridized carbons (Fsp3) is 0.429. The van der Waals surface area contributed by atoms with Gasteiger partial charge in [-0.05, 0) is 30.9 Å². The van der Waals surface area contributed by atoms with Crippen LogP contribution in [-0.2, 0) is 4.79 Å². The Labute approximate surface area is 130 Å². The molecule has 21 heavy (non-hydrogen) atoms. The molecule has 2 atom stereocenters. The summed E-state index contributed by atoms with van der Waals surface area (Å²) >= 11 is 7.17. The fourth-order valence-electron chi connectivity index (χ4n) is 2.53. The highest BCUT2D eigenvalue weighted by Crippen LogP contribution is 2.46. The van der Waals surface area contributed by atoms with E-state index >= 15 is 0 Å². The van der Waals surface area contributed by atoms with Gasteiger partial charge in [0.2, 0.25) is 0 Å². The molecule has 2 fully saturated rings. The van der Waals surface area contributed by atoms with Crippen molar-refractivity contribution in [2.45, 2.75) is 24.3 Å². The Hall–Kier alpha value is -1.27. The van der Waals surface area contributed by atoms with Crippen molar-refractivity contribution in [3.05, 3.63) is 34.6 Å². The van der Waals surface area contributed by atoms with E-state index in [4.69, 9.17) is 11.6 Å². The van der Waals surface area contributed by atoms with Crippen molar-refractivity contribution < 1.29 is 19.1 Å². The maximum absolute atomic E-state index is 14.0. The van der Waals surface area contributed by atoms with E-state index in [-0.39, 0.29) is 16.0 Å². The molecule has 1 saturated heterocycles. The Morgan fingerprint density at radius 1 is 1.38 bits per heavy atom. The lowest BCUT2D eigenvalue weighted by Gasteiger charge is -2.27.